The number of benzene rings is 1. The molecule has 2 N–H and O–H groups in total. The monoisotopic (exact) mass is 256 g/mol. The summed E-state index contributed by atoms with van der Waals surface area (Å²) in [5.41, 5.74) is 4.57. The first-order valence-corrected chi connectivity index (χ1v) is 5.80. The molecule has 0 spiro atoms. The highest BCUT2D eigenvalue weighted by Gasteiger charge is 1.94. The van der Waals surface area contributed by atoms with E-state index >= 15 is 0 Å². The zero-order valence-corrected chi connectivity index (χ0v) is 10.4. The highest BCUT2D eigenvalue weighted by atomic mass is 32.1. The zero-order valence-electron chi connectivity index (χ0n) is 9.58. The Kier molecular flexibility index (Phi) is 4.38. The van der Waals surface area contributed by atoms with E-state index in [-0.39, 0.29) is 0 Å². The van der Waals surface area contributed by atoms with Gasteiger partial charge in [0.1, 0.15) is 0 Å². The summed E-state index contributed by atoms with van der Waals surface area (Å²) >= 11 is 5.09. The van der Waals surface area contributed by atoms with Crippen LogP contribution in [-0.2, 0) is 0 Å². The number of nitrogens with one attached hydrogen (secondary N) is 2. The van der Waals surface area contributed by atoms with E-state index in [0.717, 1.165) is 11.3 Å². The maximum Gasteiger partial charge on any atom is 0.191 e. The summed E-state index contributed by atoms with van der Waals surface area (Å²) in [6, 6.07) is 13.5. The van der Waals surface area contributed by atoms with Gasteiger partial charge in [-0.1, -0.05) is 30.3 Å². The lowest BCUT2D eigenvalue weighted by atomic mass is 10.2. The molecule has 2 rings (SSSR count). The van der Waals surface area contributed by atoms with Crippen LogP contribution in [0.2, 0.25) is 0 Å². The van der Waals surface area contributed by atoms with Crippen LogP contribution in [0.25, 0.3) is 0 Å². The summed E-state index contributed by atoms with van der Waals surface area (Å²) in [5.74, 6) is 0. The Morgan fingerprint density at radius 1 is 1.17 bits per heavy atom. The SMILES string of the molecule is S=C(N/N=C\c1ccccc1)Nc1cccnc1. The molecular formula is C13H12N4S. The Labute approximate surface area is 111 Å². The quantitative estimate of drug-likeness (QED) is 0.503. The number of anilines is 1. The van der Waals surface area contributed by atoms with Crippen molar-refractivity contribution in [3.8, 4) is 0 Å². The van der Waals surface area contributed by atoms with E-state index in [4.69, 9.17) is 12.2 Å². The van der Waals surface area contributed by atoms with Crippen LogP contribution in [0.15, 0.2) is 60.0 Å². The van der Waals surface area contributed by atoms with Gasteiger partial charge in [0, 0.05) is 6.20 Å². The fraction of sp³-hybridized carbons (Fsp3) is 0. The topological polar surface area (TPSA) is 49.3 Å². The number of pyridine rings is 1. The number of rotatable bonds is 3. The number of nitrogens with zero attached hydrogens (tertiary/aromatic N) is 2. The van der Waals surface area contributed by atoms with E-state index < -0.39 is 0 Å². The highest BCUT2D eigenvalue weighted by molar-refractivity contribution is 7.80. The van der Waals surface area contributed by atoms with Gasteiger partial charge in [-0.05, 0) is 29.9 Å². The fourth-order valence-corrected chi connectivity index (χ4v) is 1.47. The maximum absolute atomic E-state index is 5.09. The van der Waals surface area contributed by atoms with Crippen molar-refractivity contribution in [2.45, 2.75) is 0 Å². The van der Waals surface area contributed by atoms with Gasteiger partial charge in [-0.15, -0.1) is 0 Å². The smallest absolute Gasteiger partial charge is 0.191 e. The largest absolute Gasteiger partial charge is 0.330 e. The van der Waals surface area contributed by atoms with Crippen LogP contribution >= 0.6 is 12.2 Å². The Bertz CT molecular complexity index is 525. The highest BCUT2D eigenvalue weighted by Crippen LogP contribution is 2.01. The van der Waals surface area contributed by atoms with Crippen molar-refractivity contribution in [2.24, 2.45) is 5.10 Å². The Balaban J connectivity index is 1.84. The third-order valence-electron chi connectivity index (χ3n) is 2.10. The van der Waals surface area contributed by atoms with Gasteiger partial charge in [-0.3, -0.25) is 10.4 Å². The molecule has 0 amide bonds. The predicted molar refractivity (Wildman–Crippen MR) is 77.6 cm³/mol. The van der Waals surface area contributed by atoms with E-state index in [9.17, 15) is 0 Å². The van der Waals surface area contributed by atoms with Gasteiger partial charge < -0.3 is 5.32 Å². The van der Waals surface area contributed by atoms with Crippen LogP contribution in [0, 0.1) is 0 Å². The van der Waals surface area contributed by atoms with E-state index in [1.54, 1.807) is 18.6 Å². The van der Waals surface area contributed by atoms with Crippen molar-refractivity contribution in [3.05, 3.63) is 60.4 Å². The standard InChI is InChI=1S/C13H12N4S/c18-13(16-12-7-4-8-14-10-12)17-15-9-11-5-2-1-3-6-11/h1-10H,(H2,16,17,18)/b15-9-. The van der Waals surface area contributed by atoms with Crippen LogP contribution in [-0.4, -0.2) is 16.3 Å². The van der Waals surface area contributed by atoms with Crippen molar-refractivity contribution in [3.63, 3.8) is 0 Å². The molecule has 0 aliphatic heterocycles. The third kappa shape index (κ3) is 3.95. The third-order valence-corrected chi connectivity index (χ3v) is 2.29. The second kappa shape index (κ2) is 6.46. The Hall–Kier alpha value is -2.27. The lowest BCUT2D eigenvalue weighted by Crippen LogP contribution is -2.23. The summed E-state index contributed by atoms with van der Waals surface area (Å²) in [7, 11) is 0. The first kappa shape index (κ1) is 12.2. The molecule has 1 heterocycles. The molecule has 0 saturated heterocycles. The van der Waals surface area contributed by atoms with Crippen LogP contribution in [0.4, 0.5) is 5.69 Å². The molecule has 0 bridgehead atoms. The molecule has 0 aliphatic carbocycles. The molecule has 0 aliphatic rings. The molecule has 1 aromatic heterocycles. The second-order valence-corrected chi connectivity index (χ2v) is 3.88. The molecule has 0 fully saturated rings. The average molecular weight is 256 g/mol. The molecular weight excluding hydrogens is 244 g/mol. The summed E-state index contributed by atoms with van der Waals surface area (Å²) in [5, 5.41) is 7.44. The molecule has 0 atom stereocenters. The molecule has 0 radical (unpaired) electrons. The van der Waals surface area contributed by atoms with E-state index in [1.165, 1.54) is 0 Å². The van der Waals surface area contributed by atoms with E-state index in [2.05, 4.69) is 20.8 Å². The molecule has 5 heteroatoms. The molecule has 0 unspecified atom stereocenters. The second-order valence-electron chi connectivity index (χ2n) is 3.48. The van der Waals surface area contributed by atoms with Crippen molar-refractivity contribution in [2.75, 3.05) is 5.32 Å². The molecule has 0 saturated carbocycles. The van der Waals surface area contributed by atoms with Gasteiger partial charge in [0.25, 0.3) is 0 Å². The van der Waals surface area contributed by atoms with Crippen LogP contribution in [0.5, 0.6) is 0 Å². The number of hydrogen-bond donors (Lipinski definition) is 2. The Morgan fingerprint density at radius 2 is 2.00 bits per heavy atom. The molecule has 18 heavy (non-hydrogen) atoms. The van der Waals surface area contributed by atoms with E-state index in [0.29, 0.717) is 5.11 Å². The lowest BCUT2D eigenvalue weighted by molar-refractivity contribution is 1.05. The summed E-state index contributed by atoms with van der Waals surface area (Å²) in [6.07, 6.45) is 5.10. The van der Waals surface area contributed by atoms with Crippen LogP contribution in [0.3, 0.4) is 0 Å². The van der Waals surface area contributed by atoms with Crippen molar-refractivity contribution in [1.82, 2.24) is 10.4 Å². The normalized spacial score (nSPS) is 10.2. The van der Waals surface area contributed by atoms with Crippen LogP contribution in [0.1, 0.15) is 5.56 Å². The first-order chi connectivity index (χ1) is 8.84. The van der Waals surface area contributed by atoms with Crippen molar-refractivity contribution < 1.29 is 0 Å². The molecule has 90 valence electrons. The molecule has 4 nitrogen and oxygen atoms in total. The minimum absolute atomic E-state index is 0.426. The van der Waals surface area contributed by atoms with Gasteiger partial charge in [0.15, 0.2) is 5.11 Å². The lowest BCUT2D eigenvalue weighted by Gasteiger charge is -2.05. The van der Waals surface area contributed by atoms with Gasteiger partial charge in [-0.25, -0.2) is 0 Å². The molecule has 1 aromatic carbocycles. The van der Waals surface area contributed by atoms with Gasteiger partial charge in [0.2, 0.25) is 0 Å². The van der Waals surface area contributed by atoms with Crippen LogP contribution < -0.4 is 10.7 Å². The fourth-order valence-electron chi connectivity index (χ4n) is 1.30. The van der Waals surface area contributed by atoms with Crippen molar-refractivity contribution in [1.29, 1.82) is 0 Å². The maximum atomic E-state index is 5.09. The van der Waals surface area contributed by atoms with E-state index in [1.807, 2.05) is 42.5 Å². The Morgan fingerprint density at radius 3 is 2.72 bits per heavy atom. The average Bonchev–Trinajstić information content (AvgIpc) is 2.41. The van der Waals surface area contributed by atoms with Crippen molar-refractivity contribution >= 4 is 29.2 Å². The summed E-state index contributed by atoms with van der Waals surface area (Å²) in [6.45, 7) is 0. The minimum Gasteiger partial charge on any atom is -0.330 e. The zero-order chi connectivity index (χ0) is 12.6. The summed E-state index contributed by atoms with van der Waals surface area (Å²) in [4.78, 5) is 3.98. The van der Waals surface area contributed by atoms with Gasteiger partial charge in [-0.2, -0.15) is 5.10 Å². The number of aromatic nitrogens is 1. The predicted octanol–water partition coefficient (Wildman–Crippen LogP) is 2.40. The van der Waals surface area contributed by atoms with Gasteiger partial charge >= 0.3 is 0 Å². The van der Waals surface area contributed by atoms with Gasteiger partial charge in [0.05, 0.1) is 18.1 Å². The number of thiocarbonyl (C=S) groups is 1. The summed E-state index contributed by atoms with van der Waals surface area (Å²) < 4.78 is 0. The number of hydrogen-bond acceptors (Lipinski definition) is 3. The number of hydrazone groups is 1. The first-order valence-electron chi connectivity index (χ1n) is 5.40. The minimum atomic E-state index is 0.426. The molecule has 2 aromatic rings.